The molecule has 0 aromatic heterocycles. The summed E-state index contributed by atoms with van der Waals surface area (Å²) in [6.07, 6.45) is 7.55. The van der Waals surface area contributed by atoms with Gasteiger partial charge in [0.15, 0.2) is 5.11 Å². The molecule has 6 nitrogen and oxygen atoms in total. The highest BCUT2D eigenvalue weighted by molar-refractivity contribution is 9.10. The SMILES string of the molecule is CCCCCCOc1ccc(Br)cc1C(=O)NC(=S)Nc1ccccc1C(=O)N1CCCCC1. The van der Waals surface area contributed by atoms with Gasteiger partial charge in [-0.25, -0.2) is 0 Å². The monoisotopic (exact) mass is 545 g/mol. The largest absolute Gasteiger partial charge is 0.493 e. The number of nitrogens with zero attached hydrogens (tertiary/aromatic N) is 1. The molecule has 1 heterocycles. The Morgan fingerprint density at radius 3 is 2.56 bits per heavy atom. The van der Waals surface area contributed by atoms with E-state index in [0.717, 1.165) is 56.1 Å². The van der Waals surface area contributed by atoms with Crippen LogP contribution < -0.4 is 15.4 Å². The number of ether oxygens (including phenoxy) is 1. The van der Waals surface area contributed by atoms with Crippen molar-refractivity contribution in [3.63, 3.8) is 0 Å². The van der Waals surface area contributed by atoms with Crippen LogP contribution in [0.4, 0.5) is 5.69 Å². The Morgan fingerprint density at radius 1 is 1.03 bits per heavy atom. The van der Waals surface area contributed by atoms with Gasteiger partial charge < -0.3 is 15.0 Å². The van der Waals surface area contributed by atoms with Crippen LogP contribution in [0.25, 0.3) is 0 Å². The lowest BCUT2D eigenvalue weighted by atomic mass is 10.1. The molecule has 1 aliphatic rings. The Kier molecular flexibility index (Phi) is 10.3. The fourth-order valence-electron chi connectivity index (χ4n) is 3.89. The number of hydrogen-bond acceptors (Lipinski definition) is 4. The number of unbranched alkanes of at least 4 members (excludes halogenated alkanes) is 3. The van der Waals surface area contributed by atoms with E-state index in [4.69, 9.17) is 17.0 Å². The zero-order valence-corrected chi connectivity index (χ0v) is 22.0. The highest BCUT2D eigenvalue weighted by atomic mass is 79.9. The minimum atomic E-state index is -0.373. The van der Waals surface area contributed by atoms with E-state index in [1.165, 1.54) is 6.42 Å². The van der Waals surface area contributed by atoms with Crippen molar-refractivity contribution in [3.8, 4) is 5.75 Å². The number of likely N-dealkylation sites (tertiary alicyclic amines) is 1. The van der Waals surface area contributed by atoms with Crippen LogP contribution >= 0.6 is 28.1 Å². The van der Waals surface area contributed by atoms with E-state index < -0.39 is 0 Å². The van der Waals surface area contributed by atoms with E-state index in [1.807, 2.05) is 23.1 Å². The predicted molar refractivity (Wildman–Crippen MR) is 144 cm³/mol. The Labute approximate surface area is 215 Å². The van der Waals surface area contributed by atoms with Crippen molar-refractivity contribution in [1.82, 2.24) is 10.2 Å². The average molecular weight is 547 g/mol. The number of rotatable bonds is 9. The zero-order valence-electron chi connectivity index (χ0n) is 19.6. The van der Waals surface area contributed by atoms with Crippen molar-refractivity contribution < 1.29 is 14.3 Å². The summed E-state index contributed by atoms with van der Waals surface area (Å²) in [5.74, 6) is 0.116. The number of thiocarbonyl (C=S) groups is 1. The molecule has 0 spiro atoms. The lowest BCUT2D eigenvalue weighted by molar-refractivity contribution is 0.0725. The van der Waals surface area contributed by atoms with Crippen molar-refractivity contribution in [2.75, 3.05) is 25.0 Å². The third-order valence-electron chi connectivity index (χ3n) is 5.72. The number of amides is 2. The van der Waals surface area contributed by atoms with Gasteiger partial charge in [-0.2, -0.15) is 0 Å². The van der Waals surface area contributed by atoms with Crippen LogP contribution in [0.15, 0.2) is 46.9 Å². The van der Waals surface area contributed by atoms with Crippen LogP contribution in [0.2, 0.25) is 0 Å². The molecule has 1 fully saturated rings. The summed E-state index contributed by atoms with van der Waals surface area (Å²) in [4.78, 5) is 27.9. The summed E-state index contributed by atoms with van der Waals surface area (Å²) in [7, 11) is 0. The number of carbonyl (C=O) groups is 2. The van der Waals surface area contributed by atoms with Crippen molar-refractivity contribution in [2.24, 2.45) is 0 Å². The Hall–Kier alpha value is -2.45. The van der Waals surface area contributed by atoms with Crippen molar-refractivity contribution >= 4 is 50.8 Å². The van der Waals surface area contributed by atoms with Crippen molar-refractivity contribution in [1.29, 1.82) is 0 Å². The van der Waals surface area contributed by atoms with E-state index in [2.05, 4.69) is 33.5 Å². The van der Waals surface area contributed by atoms with Gasteiger partial charge >= 0.3 is 0 Å². The minimum absolute atomic E-state index is 0.0253. The van der Waals surface area contributed by atoms with Gasteiger partial charge in [0.1, 0.15) is 5.75 Å². The molecule has 34 heavy (non-hydrogen) atoms. The van der Waals surface area contributed by atoms with E-state index in [0.29, 0.717) is 29.2 Å². The van der Waals surface area contributed by atoms with Crippen LogP contribution in [-0.2, 0) is 0 Å². The molecule has 2 amide bonds. The number of piperidine rings is 1. The van der Waals surface area contributed by atoms with E-state index in [-0.39, 0.29) is 16.9 Å². The molecule has 3 rings (SSSR count). The summed E-state index contributed by atoms with van der Waals surface area (Å²) in [5.41, 5.74) is 1.51. The smallest absolute Gasteiger partial charge is 0.261 e. The molecule has 0 unspecified atom stereocenters. The number of anilines is 1. The van der Waals surface area contributed by atoms with Crippen LogP contribution in [0.3, 0.4) is 0 Å². The number of hydrogen-bond donors (Lipinski definition) is 2. The molecule has 0 atom stereocenters. The number of carbonyl (C=O) groups excluding carboxylic acids is 2. The van der Waals surface area contributed by atoms with Crippen LogP contribution in [0.5, 0.6) is 5.75 Å². The molecule has 1 saturated heterocycles. The predicted octanol–water partition coefficient (Wildman–Crippen LogP) is 6.16. The number of halogens is 1. The Bertz CT molecular complexity index is 1010. The molecule has 0 radical (unpaired) electrons. The second-order valence-corrected chi connectivity index (χ2v) is 9.68. The van der Waals surface area contributed by atoms with Crippen LogP contribution in [0, 0.1) is 0 Å². The normalized spacial score (nSPS) is 13.3. The maximum absolute atomic E-state index is 13.0. The molecule has 8 heteroatoms. The topological polar surface area (TPSA) is 70.7 Å². The van der Waals surface area contributed by atoms with Gasteiger partial charge in [-0.3, -0.25) is 14.9 Å². The first-order valence-electron chi connectivity index (χ1n) is 11.9. The third kappa shape index (κ3) is 7.53. The summed E-state index contributed by atoms with van der Waals surface area (Å²) >= 11 is 8.83. The van der Waals surface area contributed by atoms with Crippen molar-refractivity contribution in [2.45, 2.75) is 51.9 Å². The first-order chi connectivity index (χ1) is 16.5. The Morgan fingerprint density at radius 2 is 1.79 bits per heavy atom. The van der Waals surface area contributed by atoms with Gasteiger partial charge in [0, 0.05) is 17.6 Å². The van der Waals surface area contributed by atoms with Gasteiger partial charge in [-0.05, 0) is 68.2 Å². The first kappa shape index (κ1) is 26.2. The zero-order chi connectivity index (χ0) is 24.3. The van der Waals surface area contributed by atoms with Gasteiger partial charge in [0.2, 0.25) is 0 Å². The Balaban J connectivity index is 1.65. The standard InChI is InChI=1S/C26H32BrN3O3S/c1-2-3-4-10-17-33-23-14-13-19(27)18-21(23)24(31)29-26(34)28-22-12-7-6-11-20(22)25(32)30-15-8-5-9-16-30/h6-7,11-14,18H,2-5,8-10,15-17H2,1H3,(H2,28,29,31,34). The summed E-state index contributed by atoms with van der Waals surface area (Å²) in [6, 6.07) is 12.6. The second kappa shape index (κ2) is 13.4. The van der Waals surface area contributed by atoms with Crippen molar-refractivity contribution in [3.05, 3.63) is 58.1 Å². The minimum Gasteiger partial charge on any atom is -0.493 e. The van der Waals surface area contributed by atoms with Crippen LogP contribution in [0.1, 0.15) is 72.6 Å². The third-order valence-corrected chi connectivity index (χ3v) is 6.42. The molecule has 182 valence electrons. The first-order valence-corrected chi connectivity index (χ1v) is 13.1. The fraction of sp³-hybridized carbons (Fsp3) is 0.423. The van der Waals surface area contributed by atoms with Gasteiger partial charge in [-0.1, -0.05) is 54.2 Å². The van der Waals surface area contributed by atoms with E-state index in [1.54, 1.807) is 24.3 Å². The highest BCUT2D eigenvalue weighted by Gasteiger charge is 2.21. The summed E-state index contributed by atoms with van der Waals surface area (Å²) in [5, 5.41) is 5.88. The van der Waals surface area contributed by atoms with Gasteiger partial charge in [0.05, 0.1) is 23.4 Å². The molecule has 2 aromatic rings. The molecular formula is C26H32BrN3O3S. The molecule has 0 saturated carbocycles. The molecular weight excluding hydrogens is 514 g/mol. The lowest BCUT2D eigenvalue weighted by Gasteiger charge is -2.27. The summed E-state index contributed by atoms with van der Waals surface area (Å²) in [6.45, 7) is 4.24. The molecule has 0 aliphatic carbocycles. The fourth-order valence-corrected chi connectivity index (χ4v) is 4.45. The van der Waals surface area contributed by atoms with E-state index >= 15 is 0 Å². The van der Waals surface area contributed by atoms with Gasteiger partial charge in [-0.15, -0.1) is 0 Å². The summed E-state index contributed by atoms with van der Waals surface area (Å²) < 4.78 is 6.65. The maximum atomic E-state index is 13.0. The van der Waals surface area contributed by atoms with Crippen LogP contribution in [-0.4, -0.2) is 41.5 Å². The number of benzene rings is 2. The molecule has 0 bridgehead atoms. The van der Waals surface area contributed by atoms with E-state index in [9.17, 15) is 9.59 Å². The molecule has 2 N–H and O–H groups in total. The average Bonchev–Trinajstić information content (AvgIpc) is 2.85. The van der Waals surface area contributed by atoms with Gasteiger partial charge in [0.25, 0.3) is 11.8 Å². The molecule has 2 aromatic carbocycles. The number of para-hydroxylation sites is 1. The number of nitrogens with one attached hydrogen (secondary N) is 2. The molecule has 1 aliphatic heterocycles. The second-order valence-electron chi connectivity index (χ2n) is 8.36. The highest BCUT2D eigenvalue weighted by Crippen LogP contribution is 2.24. The lowest BCUT2D eigenvalue weighted by Crippen LogP contribution is -2.37. The quantitative estimate of drug-likeness (QED) is 0.291. The maximum Gasteiger partial charge on any atom is 0.261 e.